The minimum absolute atomic E-state index is 0.0588. The molecule has 0 aliphatic carbocycles. The van der Waals surface area contributed by atoms with E-state index in [0.29, 0.717) is 18.0 Å². The number of anilines is 2. The zero-order valence-electron chi connectivity index (χ0n) is 19.8. The third kappa shape index (κ3) is 4.80. The molecule has 3 aliphatic heterocycles. The average molecular weight is 481 g/mol. The number of nitrogens with zero attached hydrogens (tertiary/aromatic N) is 3. The van der Waals surface area contributed by atoms with Gasteiger partial charge in [0.2, 0.25) is 5.91 Å². The molecule has 3 heterocycles. The number of fused-ring (bicyclic) bond motifs is 3. The van der Waals surface area contributed by atoms with Crippen LogP contribution in [0.2, 0.25) is 5.02 Å². The largest absolute Gasteiger partial charge is 0.358 e. The Balaban J connectivity index is 1.15. The number of nitrogens with one attached hydrogen (secondary N) is 1. The number of amides is 2. The van der Waals surface area contributed by atoms with E-state index in [1.54, 1.807) is 4.90 Å². The topological polar surface area (TPSA) is 55.9 Å². The predicted molar refractivity (Wildman–Crippen MR) is 137 cm³/mol. The highest BCUT2D eigenvalue weighted by molar-refractivity contribution is 6.30. The second-order valence-corrected chi connectivity index (χ2v) is 10.3. The summed E-state index contributed by atoms with van der Waals surface area (Å²) in [4.78, 5) is 32.2. The van der Waals surface area contributed by atoms with Crippen LogP contribution in [0.4, 0.5) is 11.4 Å². The molecule has 1 unspecified atom stereocenters. The fraction of sp³-hybridized carbons (Fsp3) is 0.481. The van der Waals surface area contributed by atoms with E-state index < -0.39 is 0 Å². The van der Waals surface area contributed by atoms with Crippen molar-refractivity contribution in [3.05, 3.63) is 58.6 Å². The molecule has 2 aromatic carbocycles. The average Bonchev–Trinajstić information content (AvgIpc) is 2.87. The fourth-order valence-corrected chi connectivity index (χ4v) is 5.66. The Labute approximate surface area is 206 Å². The first-order chi connectivity index (χ1) is 16.5. The van der Waals surface area contributed by atoms with Crippen LogP contribution in [0.1, 0.15) is 48.0 Å². The van der Waals surface area contributed by atoms with Gasteiger partial charge < -0.3 is 15.1 Å². The van der Waals surface area contributed by atoms with E-state index in [-0.39, 0.29) is 17.9 Å². The SMILES string of the molecule is CN1C(=O)C2CCCCN2c2ccc(C(=O)NCC3CCN(Cc4ccc(Cl)cc4)CC3)cc21. The summed E-state index contributed by atoms with van der Waals surface area (Å²) in [5.74, 6) is 0.560. The van der Waals surface area contributed by atoms with E-state index in [9.17, 15) is 9.59 Å². The Bertz CT molecular complexity index is 1050. The predicted octanol–water partition coefficient (Wildman–Crippen LogP) is 4.32. The quantitative estimate of drug-likeness (QED) is 0.692. The molecule has 7 heteroatoms. The number of likely N-dealkylation sites (tertiary alicyclic amines) is 1. The monoisotopic (exact) mass is 480 g/mol. The van der Waals surface area contributed by atoms with Gasteiger partial charge in [-0.15, -0.1) is 0 Å². The molecule has 0 saturated carbocycles. The van der Waals surface area contributed by atoms with E-state index in [2.05, 4.69) is 27.2 Å². The summed E-state index contributed by atoms with van der Waals surface area (Å²) < 4.78 is 0. The van der Waals surface area contributed by atoms with Gasteiger partial charge in [0.05, 0.1) is 11.4 Å². The van der Waals surface area contributed by atoms with Crippen molar-refractivity contribution in [3.63, 3.8) is 0 Å². The van der Waals surface area contributed by atoms with Gasteiger partial charge in [-0.1, -0.05) is 23.7 Å². The number of halogens is 1. The van der Waals surface area contributed by atoms with Gasteiger partial charge in [0.1, 0.15) is 6.04 Å². The zero-order chi connectivity index (χ0) is 23.7. The molecule has 6 nitrogen and oxygen atoms in total. The molecule has 1 N–H and O–H groups in total. The molecule has 2 fully saturated rings. The number of carbonyl (C=O) groups excluding carboxylic acids is 2. The molecule has 0 radical (unpaired) electrons. The van der Waals surface area contributed by atoms with Crippen LogP contribution in [0.5, 0.6) is 0 Å². The lowest BCUT2D eigenvalue weighted by Crippen LogP contribution is -2.54. The van der Waals surface area contributed by atoms with Crippen molar-refractivity contribution in [3.8, 4) is 0 Å². The molecule has 0 bridgehead atoms. The second-order valence-electron chi connectivity index (χ2n) is 9.86. The fourth-order valence-electron chi connectivity index (χ4n) is 5.53. The maximum atomic E-state index is 12.9. The number of piperidine rings is 2. The maximum Gasteiger partial charge on any atom is 0.251 e. The minimum atomic E-state index is -0.0620. The van der Waals surface area contributed by atoms with Crippen molar-refractivity contribution in [1.82, 2.24) is 10.2 Å². The van der Waals surface area contributed by atoms with Gasteiger partial charge in [0.25, 0.3) is 5.91 Å². The first-order valence-electron chi connectivity index (χ1n) is 12.4. The number of benzene rings is 2. The summed E-state index contributed by atoms with van der Waals surface area (Å²) in [6.07, 6.45) is 5.25. The second kappa shape index (κ2) is 9.96. The standard InChI is InChI=1S/C27H33ClN4O2/c1-30-25-16-21(7-10-23(25)32-13-3-2-4-24(32)27(30)34)26(33)29-17-19-11-14-31(15-12-19)18-20-5-8-22(28)9-6-20/h5-10,16,19,24H,2-4,11-15,17-18H2,1H3,(H,29,33). The van der Waals surface area contributed by atoms with Crippen molar-refractivity contribution in [1.29, 1.82) is 0 Å². The Morgan fingerprint density at radius 1 is 1.00 bits per heavy atom. The van der Waals surface area contributed by atoms with Gasteiger partial charge in [0, 0.05) is 37.3 Å². The maximum absolute atomic E-state index is 12.9. The van der Waals surface area contributed by atoms with Gasteiger partial charge >= 0.3 is 0 Å². The molecule has 2 saturated heterocycles. The van der Waals surface area contributed by atoms with Gasteiger partial charge in [-0.25, -0.2) is 0 Å². The summed E-state index contributed by atoms with van der Waals surface area (Å²) in [7, 11) is 1.83. The molecule has 2 amide bonds. The third-order valence-corrected chi connectivity index (χ3v) is 7.86. The molecule has 3 aliphatic rings. The Kier molecular flexibility index (Phi) is 6.79. The molecule has 0 spiro atoms. The van der Waals surface area contributed by atoms with Crippen LogP contribution in [0.3, 0.4) is 0 Å². The Morgan fingerprint density at radius 2 is 1.76 bits per heavy atom. The van der Waals surface area contributed by atoms with E-state index in [1.807, 2.05) is 37.4 Å². The minimum Gasteiger partial charge on any atom is -0.358 e. The number of carbonyl (C=O) groups is 2. The lowest BCUT2D eigenvalue weighted by molar-refractivity contribution is -0.120. The molecule has 1 atom stereocenters. The van der Waals surface area contributed by atoms with E-state index >= 15 is 0 Å². The van der Waals surface area contributed by atoms with Crippen LogP contribution < -0.4 is 15.1 Å². The van der Waals surface area contributed by atoms with Crippen molar-refractivity contribution >= 4 is 34.8 Å². The van der Waals surface area contributed by atoms with Crippen LogP contribution >= 0.6 is 11.6 Å². The molecular weight excluding hydrogens is 448 g/mol. The summed E-state index contributed by atoms with van der Waals surface area (Å²) in [5.41, 5.74) is 3.81. The number of likely N-dealkylation sites (N-methyl/N-ethyl adjacent to an activating group) is 1. The molecular formula is C27H33ClN4O2. The summed E-state index contributed by atoms with van der Waals surface area (Å²) in [6.45, 7) is 4.60. The van der Waals surface area contributed by atoms with Gasteiger partial charge in [0.15, 0.2) is 0 Å². The number of rotatable bonds is 5. The van der Waals surface area contributed by atoms with Crippen LogP contribution in [0, 0.1) is 5.92 Å². The number of hydrogen-bond donors (Lipinski definition) is 1. The Morgan fingerprint density at radius 3 is 2.53 bits per heavy atom. The lowest BCUT2D eigenvalue weighted by atomic mass is 9.95. The van der Waals surface area contributed by atoms with E-state index in [1.165, 1.54) is 5.56 Å². The summed E-state index contributed by atoms with van der Waals surface area (Å²) in [5, 5.41) is 3.91. The lowest BCUT2D eigenvalue weighted by Gasteiger charge is -2.44. The van der Waals surface area contributed by atoms with Crippen LogP contribution in [0.25, 0.3) is 0 Å². The first kappa shape index (κ1) is 23.2. The highest BCUT2D eigenvalue weighted by Gasteiger charge is 2.38. The highest BCUT2D eigenvalue weighted by atomic mass is 35.5. The highest BCUT2D eigenvalue weighted by Crippen LogP contribution is 2.39. The van der Waals surface area contributed by atoms with Crippen molar-refractivity contribution < 1.29 is 9.59 Å². The van der Waals surface area contributed by atoms with Crippen molar-refractivity contribution in [2.75, 3.05) is 43.0 Å². The Hall–Kier alpha value is -2.57. The molecule has 180 valence electrons. The van der Waals surface area contributed by atoms with Crippen LogP contribution in [-0.4, -0.2) is 56.0 Å². The molecule has 34 heavy (non-hydrogen) atoms. The van der Waals surface area contributed by atoms with Crippen molar-refractivity contribution in [2.24, 2.45) is 5.92 Å². The van der Waals surface area contributed by atoms with Gasteiger partial charge in [-0.05, 0) is 87.0 Å². The third-order valence-electron chi connectivity index (χ3n) is 7.60. The summed E-state index contributed by atoms with van der Waals surface area (Å²) in [6, 6.07) is 13.8. The summed E-state index contributed by atoms with van der Waals surface area (Å²) >= 11 is 5.99. The van der Waals surface area contributed by atoms with E-state index in [0.717, 1.165) is 74.7 Å². The van der Waals surface area contributed by atoms with E-state index in [4.69, 9.17) is 11.6 Å². The van der Waals surface area contributed by atoms with Crippen molar-refractivity contribution in [2.45, 2.75) is 44.7 Å². The van der Waals surface area contributed by atoms with Crippen LogP contribution in [0.15, 0.2) is 42.5 Å². The van der Waals surface area contributed by atoms with Crippen LogP contribution in [-0.2, 0) is 11.3 Å². The zero-order valence-corrected chi connectivity index (χ0v) is 20.6. The van der Waals surface area contributed by atoms with Gasteiger partial charge in [-0.2, -0.15) is 0 Å². The normalized spacial score (nSPS) is 21.2. The molecule has 0 aromatic heterocycles. The molecule has 2 aromatic rings. The first-order valence-corrected chi connectivity index (χ1v) is 12.8. The number of hydrogen-bond acceptors (Lipinski definition) is 4. The smallest absolute Gasteiger partial charge is 0.251 e. The van der Waals surface area contributed by atoms with Gasteiger partial charge in [-0.3, -0.25) is 14.5 Å². The molecule has 5 rings (SSSR count).